The minimum atomic E-state index is 0.155. The van der Waals surface area contributed by atoms with Gasteiger partial charge in [-0.2, -0.15) is 0 Å². The third-order valence-electron chi connectivity index (χ3n) is 3.97. The van der Waals surface area contributed by atoms with Crippen LogP contribution in [0.4, 0.5) is 0 Å². The van der Waals surface area contributed by atoms with Crippen LogP contribution in [0.3, 0.4) is 0 Å². The van der Waals surface area contributed by atoms with E-state index < -0.39 is 0 Å². The van der Waals surface area contributed by atoms with Crippen molar-refractivity contribution in [1.82, 2.24) is 9.80 Å². The van der Waals surface area contributed by atoms with E-state index >= 15 is 0 Å². The summed E-state index contributed by atoms with van der Waals surface area (Å²) >= 11 is 0. The zero-order valence-corrected chi connectivity index (χ0v) is 12.3. The highest BCUT2D eigenvalue weighted by molar-refractivity contribution is 5.96. The normalized spacial score (nSPS) is 21.4. The van der Waals surface area contributed by atoms with E-state index in [9.17, 15) is 0 Å². The summed E-state index contributed by atoms with van der Waals surface area (Å²) in [4.78, 5) is 4.81. The number of amidine groups is 1. The molecule has 1 fully saturated rings. The summed E-state index contributed by atoms with van der Waals surface area (Å²) in [6.45, 7) is 3.24. The van der Waals surface area contributed by atoms with Crippen LogP contribution in [0, 0.1) is 0 Å². The summed E-state index contributed by atoms with van der Waals surface area (Å²) in [7, 11) is 4.31. The second kappa shape index (κ2) is 6.72. The zero-order chi connectivity index (χ0) is 14.5. The maximum absolute atomic E-state index is 8.65. The monoisotopic (exact) mass is 276 g/mol. The number of benzene rings is 1. The standard InChI is InChI=1S/C15H24N4O/c1-18(2)14-4-3-9-19(11-14)10-12-5-7-13(8-6-12)15(16)17-20/h5-8,14,20H,3-4,9-11H2,1-2H3,(H2,16,17). The van der Waals surface area contributed by atoms with Gasteiger partial charge in [-0.25, -0.2) is 0 Å². The van der Waals surface area contributed by atoms with Crippen molar-refractivity contribution in [1.29, 1.82) is 0 Å². The molecule has 1 aliphatic rings. The topological polar surface area (TPSA) is 65.1 Å². The van der Waals surface area contributed by atoms with Crippen LogP contribution in [0.1, 0.15) is 24.0 Å². The van der Waals surface area contributed by atoms with E-state index in [1.165, 1.54) is 18.4 Å². The van der Waals surface area contributed by atoms with Gasteiger partial charge in [0.15, 0.2) is 5.84 Å². The van der Waals surface area contributed by atoms with Gasteiger partial charge in [-0.1, -0.05) is 29.4 Å². The van der Waals surface area contributed by atoms with Gasteiger partial charge < -0.3 is 15.8 Å². The third-order valence-corrected chi connectivity index (χ3v) is 3.97. The van der Waals surface area contributed by atoms with Gasteiger partial charge >= 0.3 is 0 Å². The molecule has 5 heteroatoms. The van der Waals surface area contributed by atoms with E-state index in [1.807, 2.05) is 24.3 Å². The molecule has 1 heterocycles. The summed E-state index contributed by atoms with van der Waals surface area (Å²) < 4.78 is 0. The van der Waals surface area contributed by atoms with Crippen LogP contribution < -0.4 is 5.73 Å². The first kappa shape index (κ1) is 14.8. The Bertz CT molecular complexity index is 455. The van der Waals surface area contributed by atoms with E-state index in [2.05, 4.69) is 29.1 Å². The molecule has 3 N–H and O–H groups in total. The van der Waals surface area contributed by atoms with Crippen LogP contribution >= 0.6 is 0 Å². The van der Waals surface area contributed by atoms with Crippen LogP contribution in [0.25, 0.3) is 0 Å². The lowest BCUT2D eigenvalue weighted by Gasteiger charge is -2.36. The third kappa shape index (κ3) is 3.71. The van der Waals surface area contributed by atoms with E-state index in [0.717, 1.165) is 25.2 Å². The van der Waals surface area contributed by atoms with Crippen molar-refractivity contribution in [3.63, 3.8) is 0 Å². The molecule has 0 radical (unpaired) electrons. The summed E-state index contributed by atoms with van der Waals surface area (Å²) in [5, 5.41) is 11.7. The van der Waals surface area contributed by atoms with Crippen molar-refractivity contribution >= 4 is 5.84 Å². The molecular weight excluding hydrogens is 252 g/mol. The fraction of sp³-hybridized carbons (Fsp3) is 0.533. The highest BCUT2D eigenvalue weighted by Gasteiger charge is 2.21. The number of hydrogen-bond donors (Lipinski definition) is 2. The molecule has 1 saturated heterocycles. The molecule has 0 bridgehead atoms. The van der Waals surface area contributed by atoms with Crippen LogP contribution in [-0.2, 0) is 6.54 Å². The number of likely N-dealkylation sites (N-methyl/N-ethyl adjacent to an activating group) is 1. The van der Waals surface area contributed by atoms with Crippen LogP contribution in [0.15, 0.2) is 29.4 Å². The Morgan fingerprint density at radius 1 is 1.40 bits per heavy atom. The van der Waals surface area contributed by atoms with Crippen molar-refractivity contribution in [3.8, 4) is 0 Å². The minimum absolute atomic E-state index is 0.155. The summed E-state index contributed by atoms with van der Waals surface area (Å²) in [5.74, 6) is 0.155. The Labute approximate surface area is 120 Å². The van der Waals surface area contributed by atoms with Gasteiger partial charge in [0.1, 0.15) is 0 Å². The van der Waals surface area contributed by atoms with Gasteiger partial charge in [0.25, 0.3) is 0 Å². The molecule has 1 aliphatic heterocycles. The van der Waals surface area contributed by atoms with E-state index in [1.54, 1.807) is 0 Å². The molecular formula is C15H24N4O. The number of likely N-dealkylation sites (tertiary alicyclic amines) is 1. The molecule has 0 amide bonds. The minimum Gasteiger partial charge on any atom is -0.409 e. The first-order valence-electron chi connectivity index (χ1n) is 7.06. The molecule has 0 aliphatic carbocycles. The van der Waals surface area contributed by atoms with Crippen molar-refractivity contribution < 1.29 is 5.21 Å². The van der Waals surface area contributed by atoms with Crippen molar-refractivity contribution in [2.45, 2.75) is 25.4 Å². The van der Waals surface area contributed by atoms with E-state index in [-0.39, 0.29) is 5.84 Å². The van der Waals surface area contributed by atoms with Gasteiger partial charge in [-0.3, -0.25) is 4.90 Å². The van der Waals surface area contributed by atoms with Crippen LogP contribution in [0.2, 0.25) is 0 Å². The highest BCUT2D eigenvalue weighted by Crippen LogP contribution is 2.16. The average Bonchev–Trinajstić information content (AvgIpc) is 2.47. The number of rotatable bonds is 4. The Morgan fingerprint density at radius 3 is 2.70 bits per heavy atom. The molecule has 1 aromatic carbocycles. The van der Waals surface area contributed by atoms with E-state index in [4.69, 9.17) is 10.9 Å². The Kier molecular flexibility index (Phi) is 4.98. The van der Waals surface area contributed by atoms with Gasteiger partial charge in [-0.05, 0) is 39.0 Å². The van der Waals surface area contributed by atoms with E-state index in [0.29, 0.717) is 6.04 Å². The Hall–Kier alpha value is -1.59. The first-order chi connectivity index (χ1) is 9.60. The summed E-state index contributed by atoms with van der Waals surface area (Å²) in [5.41, 5.74) is 7.58. The molecule has 1 atom stereocenters. The second-order valence-corrected chi connectivity index (χ2v) is 5.68. The smallest absolute Gasteiger partial charge is 0.170 e. The predicted octanol–water partition coefficient (Wildman–Crippen LogP) is 1.31. The molecule has 1 unspecified atom stereocenters. The Balaban J connectivity index is 1.96. The SMILES string of the molecule is CN(C)C1CCCN(Cc2ccc(C(N)=NO)cc2)C1. The molecule has 0 spiro atoms. The van der Waals surface area contributed by atoms with Crippen LogP contribution in [0.5, 0.6) is 0 Å². The van der Waals surface area contributed by atoms with Gasteiger partial charge in [-0.15, -0.1) is 0 Å². The summed E-state index contributed by atoms with van der Waals surface area (Å²) in [6, 6.07) is 8.55. The largest absolute Gasteiger partial charge is 0.409 e. The molecule has 5 nitrogen and oxygen atoms in total. The Morgan fingerprint density at radius 2 is 2.10 bits per heavy atom. The van der Waals surface area contributed by atoms with Gasteiger partial charge in [0.2, 0.25) is 0 Å². The lowest BCUT2D eigenvalue weighted by atomic mass is 10.0. The molecule has 110 valence electrons. The predicted molar refractivity (Wildman–Crippen MR) is 80.9 cm³/mol. The van der Waals surface area contributed by atoms with Crippen molar-refractivity contribution in [3.05, 3.63) is 35.4 Å². The average molecular weight is 276 g/mol. The lowest BCUT2D eigenvalue weighted by Crippen LogP contribution is -2.44. The first-order valence-corrected chi connectivity index (χ1v) is 7.06. The van der Waals surface area contributed by atoms with Gasteiger partial charge in [0.05, 0.1) is 0 Å². The maximum atomic E-state index is 8.65. The fourth-order valence-electron chi connectivity index (χ4n) is 2.69. The molecule has 1 aromatic rings. The number of piperidine rings is 1. The van der Waals surface area contributed by atoms with Gasteiger partial charge in [0, 0.05) is 24.7 Å². The number of nitrogens with zero attached hydrogens (tertiary/aromatic N) is 3. The second-order valence-electron chi connectivity index (χ2n) is 5.68. The summed E-state index contributed by atoms with van der Waals surface area (Å²) in [6.07, 6.45) is 2.54. The maximum Gasteiger partial charge on any atom is 0.170 e. The molecule has 0 saturated carbocycles. The quantitative estimate of drug-likeness (QED) is 0.377. The van der Waals surface area contributed by atoms with Crippen molar-refractivity contribution in [2.24, 2.45) is 10.9 Å². The number of nitrogens with two attached hydrogens (primary N) is 1. The highest BCUT2D eigenvalue weighted by atomic mass is 16.4. The fourth-order valence-corrected chi connectivity index (χ4v) is 2.69. The molecule has 2 rings (SSSR count). The zero-order valence-electron chi connectivity index (χ0n) is 12.3. The lowest BCUT2D eigenvalue weighted by molar-refractivity contribution is 0.128. The molecule has 20 heavy (non-hydrogen) atoms. The number of hydrogen-bond acceptors (Lipinski definition) is 4. The molecule has 0 aromatic heterocycles. The number of oxime groups is 1. The van der Waals surface area contributed by atoms with Crippen LogP contribution in [-0.4, -0.2) is 54.1 Å². The van der Waals surface area contributed by atoms with Crippen molar-refractivity contribution in [2.75, 3.05) is 27.2 Å².